The minimum Gasteiger partial charge on any atom is -0.449 e. The summed E-state index contributed by atoms with van der Waals surface area (Å²) in [7, 11) is 1.71. The highest BCUT2D eigenvalue weighted by Gasteiger charge is 2.14. The number of amides is 1. The summed E-state index contributed by atoms with van der Waals surface area (Å²) in [5.74, 6) is 0.341. The summed E-state index contributed by atoms with van der Waals surface area (Å²) < 4.78 is 5.11. The number of carbonyl (C=O) groups excluding carboxylic acids is 2. The second-order valence-electron chi connectivity index (χ2n) is 6.08. The highest BCUT2D eigenvalue weighted by atomic mass is 35.5. The Bertz CT molecular complexity index is 950. The van der Waals surface area contributed by atoms with Crippen molar-refractivity contribution in [1.29, 1.82) is 0 Å². The number of rotatable bonds is 6. The van der Waals surface area contributed by atoms with Crippen LogP contribution in [0.2, 0.25) is 5.02 Å². The molecule has 0 spiro atoms. The molecule has 0 aliphatic heterocycles. The van der Waals surface area contributed by atoms with Gasteiger partial charge in [-0.2, -0.15) is 0 Å². The van der Waals surface area contributed by atoms with E-state index in [0.29, 0.717) is 28.6 Å². The predicted octanol–water partition coefficient (Wildman–Crippen LogP) is 4.79. The van der Waals surface area contributed by atoms with Crippen molar-refractivity contribution in [3.63, 3.8) is 0 Å². The second kappa shape index (κ2) is 8.18. The number of oxazole rings is 1. The van der Waals surface area contributed by atoms with Crippen LogP contribution in [0.15, 0.2) is 59.3 Å². The number of Topliss-reactive ketones (excluding diaryl/α,β-unsaturated/α-hetero) is 1. The van der Waals surface area contributed by atoms with E-state index in [1.807, 2.05) is 37.3 Å². The molecule has 0 saturated carbocycles. The van der Waals surface area contributed by atoms with Crippen LogP contribution in [0.3, 0.4) is 0 Å². The first-order chi connectivity index (χ1) is 13.0. The number of anilines is 1. The molecule has 0 aliphatic carbocycles. The van der Waals surface area contributed by atoms with Gasteiger partial charge in [0.2, 0.25) is 11.8 Å². The lowest BCUT2D eigenvalue weighted by Crippen LogP contribution is -2.25. The molecule has 0 atom stereocenters. The Kier molecular flexibility index (Phi) is 5.72. The maximum absolute atomic E-state index is 12.3. The van der Waals surface area contributed by atoms with E-state index in [-0.39, 0.29) is 18.1 Å². The van der Waals surface area contributed by atoms with Crippen molar-refractivity contribution in [2.45, 2.75) is 19.8 Å². The average Bonchev–Trinajstić information content (AvgIpc) is 3.19. The maximum Gasteiger partial charge on any atom is 0.226 e. The zero-order chi connectivity index (χ0) is 19.4. The Balaban J connectivity index is 1.78. The molecule has 0 fully saturated rings. The lowest BCUT2D eigenvalue weighted by molar-refractivity contribution is -0.118. The SMILES string of the molecule is CCC(=O)N(C)c1ccc(-c2ccc(C(=O)Cc3ncco3)cc2)cc1Cl. The Morgan fingerprint density at radius 3 is 2.41 bits per heavy atom. The molecule has 0 bridgehead atoms. The molecule has 1 amide bonds. The van der Waals surface area contributed by atoms with Gasteiger partial charge in [0.1, 0.15) is 6.26 Å². The molecule has 0 N–H and O–H groups in total. The fourth-order valence-corrected chi connectivity index (χ4v) is 3.07. The molecule has 3 aromatic rings. The van der Waals surface area contributed by atoms with Gasteiger partial charge in [-0.3, -0.25) is 9.59 Å². The topological polar surface area (TPSA) is 63.4 Å². The van der Waals surface area contributed by atoms with E-state index in [1.54, 1.807) is 24.1 Å². The van der Waals surface area contributed by atoms with Gasteiger partial charge in [-0.15, -0.1) is 0 Å². The van der Waals surface area contributed by atoms with E-state index in [9.17, 15) is 9.59 Å². The van der Waals surface area contributed by atoms with Crippen molar-refractivity contribution in [3.8, 4) is 11.1 Å². The van der Waals surface area contributed by atoms with Gasteiger partial charge in [-0.1, -0.05) is 48.9 Å². The molecule has 3 rings (SSSR count). The third kappa shape index (κ3) is 4.26. The van der Waals surface area contributed by atoms with Crippen LogP contribution >= 0.6 is 11.6 Å². The molecule has 1 heterocycles. The number of hydrogen-bond donors (Lipinski definition) is 0. The van der Waals surface area contributed by atoms with Gasteiger partial charge in [0.15, 0.2) is 5.78 Å². The summed E-state index contributed by atoms with van der Waals surface area (Å²) in [4.78, 5) is 29.6. The molecule has 2 aromatic carbocycles. The van der Waals surface area contributed by atoms with E-state index in [0.717, 1.165) is 11.1 Å². The number of carbonyl (C=O) groups is 2. The highest BCUT2D eigenvalue weighted by Crippen LogP contribution is 2.31. The smallest absolute Gasteiger partial charge is 0.226 e. The quantitative estimate of drug-likeness (QED) is 0.575. The van der Waals surface area contributed by atoms with Crippen LogP contribution in [0.25, 0.3) is 11.1 Å². The molecule has 138 valence electrons. The molecule has 0 aliphatic rings. The van der Waals surface area contributed by atoms with Crippen LogP contribution in [0.5, 0.6) is 0 Å². The molecular weight excluding hydrogens is 364 g/mol. The van der Waals surface area contributed by atoms with Gasteiger partial charge in [0.05, 0.1) is 23.3 Å². The van der Waals surface area contributed by atoms with E-state index < -0.39 is 0 Å². The summed E-state index contributed by atoms with van der Waals surface area (Å²) in [6.45, 7) is 1.81. The molecule has 5 nitrogen and oxygen atoms in total. The Morgan fingerprint density at radius 1 is 1.11 bits per heavy atom. The molecular formula is C21H19ClN2O3. The monoisotopic (exact) mass is 382 g/mol. The van der Waals surface area contributed by atoms with Crippen molar-refractivity contribution < 1.29 is 14.0 Å². The van der Waals surface area contributed by atoms with Crippen LogP contribution < -0.4 is 4.90 Å². The van der Waals surface area contributed by atoms with Gasteiger partial charge in [0.25, 0.3) is 0 Å². The number of ketones is 1. The minimum absolute atomic E-state index is 0.00133. The van der Waals surface area contributed by atoms with Crippen molar-refractivity contribution in [3.05, 3.63) is 71.4 Å². The summed E-state index contributed by atoms with van der Waals surface area (Å²) in [5, 5.41) is 0.501. The first-order valence-electron chi connectivity index (χ1n) is 8.57. The summed E-state index contributed by atoms with van der Waals surface area (Å²) in [6, 6.07) is 12.8. The maximum atomic E-state index is 12.3. The number of halogens is 1. The summed E-state index contributed by atoms with van der Waals surface area (Å²) in [6.07, 6.45) is 3.51. The lowest BCUT2D eigenvalue weighted by Gasteiger charge is -2.18. The van der Waals surface area contributed by atoms with Gasteiger partial charge in [0, 0.05) is 19.0 Å². The first-order valence-corrected chi connectivity index (χ1v) is 8.95. The van der Waals surface area contributed by atoms with E-state index in [2.05, 4.69) is 4.98 Å². The second-order valence-corrected chi connectivity index (χ2v) is 6.48. The van der Waals surface area contributed by atoms with Crippen LogP contribution in [-0.4, -0.2) is 23.7 Å². The van der Waals surface area contributed by atoms with Gasteiger partial charge >= 0.3 is 0 Å². The fourth-order valence-electron chi connectivity index (χ4n) is 2.76. The average molecular weight is 383 g/mol. The van der Waals surface area contributed by atoms with Crippen molar-refractivity contribution in [2.75, 3.05) is 11.9 Å². The van der Waals surface area contributed by atoms with Crippen molar-refractivity contribution in [2.24, 2.45) is 0 Å². The standard InChI is InChI=1S/C21H19ClN2O3/c1-3-21(26)24(2)18-9-8-16(12-17(18)22)14-4-6-15(7-5-14)19(25)13-20-23-10-11-27-20/h4-12H,3,13H2,1-2H3. The van der Waals surface area contributed by atoms with E-state index >= 15 is 0 Å². The van der Waals surface area contributed by atoms with E-state index in [1.165, 1.54) is 12.5 Å². The fraction of sp³-hybridized carbons (Fsp3) is 0.190. The summed E-state index contributed by atoms with van der Waals surface area (Å²) >= 11 is 6.37. The largest absolute Gasteiger partial charge is 0.449 e. The molecule has 0 unspecified atom stereocenters. The molecule has 27 heavy (non-hydrogen) atoms. The van der Waals surface area contributed by atoms with Gasteiger partial charge in [-0.25, -0.2) is 4.98 Å². The number of hydrogen-bond acceptors (Lipinski definition) is 4. The lowest BCUT2D eigenvalue weighted by atomic mass is 10.0. The van der Waals surface area contributed by atoms with Crippen molar-refractivity contribution >= 4 is 29.0 Å². The third-order valence-corrected chi connectivity index (χ3v) is 4.62. The Labute approximate surface area is 162 Å². The summed E-state index contributed by atoms with van der Waals surface area (Å²) in [5.41, 5.74) is 3.10. The number of benzene rings is 2. The zero-order valence-electron chi connectivity index (χ0n) is 15.1. The van der Waals surface area contributed by atoms with Crippen LogP contribution in [0, 0.1) is 0 Å². The third-order valence-electron chi connectivity index (χ3n) is 4.32. The Hall–Kier alpha value is -2.92. The number of nitrogens with zero attached hydrogens (tertiary/aromatic N) is 2. The highest BCUT2D eigenvalue weighted by molar-refractivity contribution is 6.34. The van der Waals surface area contributed by atoms with E-state index in [4.69, 9.17) is 16.0 Å². The minimum atomic E-state index is -0.0583. The van der Waals surface area contributed by atoms with Crippen LogP contribution in [0.4, 0.5) is 5.69 Å². The van der Waals surface area contributed by atoms with Crippen LogP contribution in [0.1, 0.15) is 29.6 Å². The van der Waals surface area contributed by atoms with Gasteiger partial charge < -0.3 is 9.32 Å². The molecule has 0 radical (unpaired) electrons. The zero-order valence-corrected chi connectivity index (χ0v) is 15.9. The molecule has 0 saturated heterocycles. The molecule has 6 heteroatoms. The first kappa shape index (κ1) is 18.9. The normalized spacial score (nSPS) is 10.6. The number of aromatic nitrogens is 1. The van der Waals surface area contributed by atoms with Crippen LogP contribution in [-0.2, 0) is 11.2 Å². The van der Waals surface area contributed by atoms with Crippen molar-refractivity contribution in [1.82, 2.24) is 4.98 Å². The van der Waals surface area contributed by atoms with Gasteiger partial charge in [-0.05, 0) is 23.3 Å². The predicted molar refractivity (Wildman–Crippen MR) is 105 cm³/mol. The molecule has 1 aromatic heterocycles. The Morgan fingerprint density at radius 2 is 1.81 bits per heavy atom.